The van der Waals surface area contributed by atoms with Gasteiger partial charge in [-0.25, -0.2) is 8.78 Å². The molecule has 2 unspecified atom stereocenters. The second kappa shape index (κ2) is 7.44. The fourth-order valence-electron chi connectivity index (χ4n) is 1.53. The van der Waals surface area contributed by atoms with Crippen molar-refractivity contribution < 1.29 is 13.6 Å². The van der Waals surface area contributed by atoms with E-state index in [2.05, 4.69) is 11.2 Å². The van der Waals surface area contributed by atoms with Gasteiger partial charge in [0.05, 0.1) is 0 Å². The predicted octanol–water partition coefficient (Wildman–Crippen LogP) is 3.35. The van der Waals surface area contributed by atoms with Crippen LogP contribution in [0.5, 0.6) is 0 Å². The van der Waals surface area contributed by atoms with E-state index < -0.39 is 18.4 Å². The van der Waals surface area contributed by atoms with E-state index in [4.69, 9.17) is 6.42 Å². The first-order valence-electron chi connectivity index (χ1n) is 6.27. The van der Waals surface area contributed by atoms with Crippen molar-refractivity contribution in [2.24, 2.45) is 5.92 Å². The Kier molecular flexibility index (Phi) is 5.92. The van der Waals surface area contributed by atoms with Gasteiger partial charge in [0.2, 0.25) is 6.43 Å². The Hall–Kier alpha value is -2.15. The lowest BCUT2D eigenvalue weighted by atomic mass is 10.0. The first kappa shape index (κ1) is 15.9. The van der Waals surface area contributed by atoms with E-state index in [-0.39, 0.29) is 5.91 Å². The summed E-state index contributed by atoms with van der Waals surface area (Å²) in [6, 6.07) is 6.15. The summed E-state index contributed by atoms with van der Waals surface area (Å²) in [5.74, 6) is 1.12. The second-order valence-electron chi connectivity index (χ2n) is 4.58. The van der Waals surface area contributed by atoms with Crippen LogP contribution in [0.1, 0.15) is 29.8 Å². The average molecular weight is 277 g/mol. The number of rotatable bonds is 5. The van der Waals surface area contributed by atoms with Crippen LogP contribution < -0.4 is 5.32 Å². The lowest BCUT2D eigenvalue weighted by molar-refractivity contribution is 0.0636. The molecule has 0 fully saturated rings. The molecule has 0 aliphatic heterocycles. The normalized spacial score (nSPS) is 14.0. The monoisotopic (exact) mass is 277 g/mol. The van der Waals surface area contributed by atoms with E-state index in [1.807, 2.05) is 0 Å². The Morgan fingerprint density at radius 3 is 2.40 bits per heavy atom. The van der Waals surface area contributed by atoms with Crippen LogP contribution in [0.15, 0.2) is 30.3 Å². The highest BCUT2D eigenvalue weighted by molar-refractivity contribution is 5.94. The minimum absolute atomic E-state index is 0.363. The molecule has 0 radical (unpaired) electrons. The third kappa shape index (κ3) is 4.51. The fraction of sp³-hybridized carbons (Fsp3) is 0.312. The van der Waals surface area contributed by atoms with E-state index in [0.29, 0.717) is 5.56 Å². The van der Waals surface area contributed by atoms with Crippen molar-refractivity contribution in [3.63, 3.8) is 0 Å². The van der Waals surface area contributed by atoms with Gasteiger partial charge in [0.1, 0.15) is 0 Å². The largest absolute Gasteiger partial charge is 0.349 e. The number of nitrogens with one attached hydrogen (secondary N) is 1. The standard InChI is InChI=1S/C16H17F2NO/c1-4-5-6-13-7-9-14(10-8-13)16(20)19-12(3)11(2)15(17)18/h1,5-12,15H,2-3H3,(H,19,20)/b6-5+. The van der Waals surface area contributed by atoms with E-state index in [1.165, 1.54) is 6.92 Å². The van der Waals surface area contributed by atoms with Crippen LogP contribution in [0.2, 0.25) is 0 Å². The van der Waals surface area contributed by atoms with Crippen molar-refractivity contribution in [2.45, 2.75) is 26.3 Å². The summed E-state index contributed by atoms with van der Waals surface area (Å²) in [4.78, 5) is 11.9. The third-order valence-corrected chi connectivity index (χ3v) is 3.09. The van der Waals surface area contributed by atoms with Crippen LogP contribution in [0.3, 0.4) is 0 Å². The molecule has 1 aromatic carbocycles. The van der Waals surface area contributed by atoms with Gasteiger partial charge in [-0.15, -0.1) is 6.42 Å². The fourth-order valence-corrected chi connectivity index (χ4v) is 1.53. The van der Waals surface area contributed by atoms with Gasteiger partial charge >= 0.3 is 0 Å². The Bertz CT molecular complexity index is 514. The Labute approximate surface area is 117 Å². The van der Waals surface area contributed by atoms with Gasteiger partial charge in [0.25, 0.3) is 5.91 Å². The molecule has 106 valence electrons. The number of alkyl halides is 2. The molecule has 1 amide bonds. The maximum atomic E-state index is 12.5. The molecule has 1 aromatic rings. The molecule has 0 aromatic heterocycles. The molecule has 2 atom stereocenters. The zero-order valence-corrected chi connectivity index (χ0v) is 11.4. The molecule has 2 nitrogen and oxygen atoms in total. The summed E-state index contributed by atoms with van der Waals surface area (Å²) in [5.41, 5.74) is 1.30. The van der Waals surface area contributed by atoms with E-state index in [9.17, 15) is 13.6 Å². The molecule has 1 N–H and O–H groups in total. The summed E-state index contributed by atoms with van der Waals surface area (Å²) in [6.45, 7) is 2.97. The highest BCUT2D eigenvalue weighted by atomic mass is 19.3. The molecule has 0 bridgehead atoms. The van der Waals surface area contributed by atoms with Gasteiger partial charge in [-0.1, -0.05) is 25.0 Å². The molecule has 0 saturated heterocycles. The van der Waals surface area contributed by atoms with Crippen LogP contribution in [0.25, 0.3) is 6.08 Å². The predicted molar refractivity (Wildman–Crippen MR) is 76.4 cm³/mol. The highest BCUT2D eigenvalue weighted by Crippen LogP contribution is 2.14. The number of amides is 1. The Morgan fingerprint density at radius 2 is 1.90 bits per heavy atom. The lowest BCUT2D eigenvalue weighted by Gasteiger charge is -2.20. The number of halogens is 2. The number of allylic oxidation sites excluding steroid dienone is 1. The van der Waals surface area contributed by atoms with E-state index in [0.717, 1.165) is 5.56 Å². The Morgan fingerprint density at radius 1 is 1.30 bits per heavy atom. The first-order valence-corrected chi connectivity index (χ1v) is 6.27. The SMILES string of the molecule is C#C/C=C/c1ccc(C(=O)NC(C)C(C)C(F)F)cc1. The van der Waals surface area contributed by atoms with E-state index in [1.54, 1.807) is 43.3 Å². The second-order valence-corrected chi connectivity index (χ2v) is 4.58. The molecular formula is C16H17F2NO. The number of benzene rings is 1. The molecule has 0 aliphatic rings. The van der Waals surface area contributed by atoms with E-state index >= 15 is 0 Å². The summed E-state index contributed by atoms with van der Waals surface area (Å²) in [5, 5.41) is 2.57. The summed E-state index contributed by atoms with van der Waals surface area (Å²) in [6.07, 6.45) is 5.94. The smallest absolute Gasteiger partial charge is 0.251 e. The summed E-state index contributed by atoms with van der Waals surface area (Å²) < 4.78 is 25.1. The van der Waals surface area contributed by atoms with Crippen LogP contribution in [-0.4, -0.2) is 18.4 Å². The molecule has 0 saturated carbocycles. The lowest BCUT2D eigenvalue weighted by Crippen LogP contribution is -2.39. The Balaban J connectivity index is 2.69. The van der Waals surface area contributed by atoms with Crippen LogP contribution in [-0.2, 0) is 0 Å². The van der Waals surface area contributed by atoms with Crippen molar-refractivity contribution in [1.29, 1.82) is 0 Å². The van der Waals surface area contributed by atoms with Crippen molar-refractivity contribution in [1.82, 2.24) is 5.32 Å². The molecule has 0 spiro atoms. The van der Waals surface area contributed by atoms with Gasteiger partial charge < -0.3 is 5.32 Å². The number of hydrogen-bond acceptors (Lipinski definition) is 1. The molecular weight excluding hydrogens is 260 g/mol. The van der Waals surface area contributed by atoms with Gasteiger partial charge in [-0.05, 0) is 36.8 Å². The third-order valence-electron chi connectivity index (χ3n) is 3.09. The number of terminal acetylenes is 1. The minimum atomic E-state index is -2.46. The van der Waals surface area contributed by atoms with Crippen molar-refractivity contribution in [2.75, 3.05) is 0 Å². The summed E-state index contributed by atoms with van der Waals surface area (Å²) >= 11 is 0. The molecule has 4 heteroatoms. The first-order chi connectivity index (χ1) is 9.45. The minimum Gasteiger partial charge on any atom is -0.349 e. The zero-order chi connectivity index (χ0) is 15.1. The maximum absolute atomic E-state index is 12.5. The van der Waals surface area contributed by atoms with Gasteiger partial charge in [-0.3, -0.25) is 4.79 Å². The van der Waals surface area contributed by atoms with Crippen LogP contribution >= 0.6 is 0 Å². The van der Waals surface area contributed by atoms with Crippen molar-refractivity contribution >= 4 is 12.0 Å². The quantitative estimate of drug-likeness (QED) is 0.822. The molecule has 0 heterocycles. The highest BCUT2D eigenvalue weighted by Gasteiger charge is 2.23. The van der Waals surface area contributed by atoms with Gasteiger partial charge in [-0.2, -0.15) is 0 Å². The zero-order valence-electron chi connectivity index (χ0n) is 11.4. The van der Waals surface area contributed by atoms with Gasteiger partial charge in [0.15, 0.2) is 0 Å². The number of hydrogen-bond donors (Lipinski definition) is 1. The van der Waals surface area contributed by atoms with Crippen LogP contribution in [0.4, 0.5) is 8.78 Å². The summed E-state index contributed by atoms with van der Waals surface area (Å²) in [7, 11) is 0. The molecule has 0 aliphatic carbocycles. The number of carbonyl (C=O) groups is 1. The topological polar surface area (TPSA) is 29.1 Å². The van der Waals surface area contributed by atoms with Gasteiger partial charge in [0, 0.05) is 17.5 Å². The number of carbonyl (C=O) groups excluding carboxylic acids is 1. The van der Waals surface area contributed by atoms with Crippen molar-refractivity contribution in [3.05, 3.63) is 41.5 Å². The molecule has 20 heavy (non-hydrogen) atoms. The molecule has 1 rings (SSSR count). The maximum Gasteiger partial charge on any atom is 0.251 e. The van der Waals surface area contributed by atoms with Crippen molar-refractivity contribution in [3.8, 4) is 12.3 Å². The van der Waals surface area contributed by atoms with Crippen LogP contribution in [0, 0.1) is 18.3 Å². The average Bonchev–Trinajstić information content (AvgIpc) is 2.44.